The van der Waals surface area contributed by atoms with Gasteiger partial charge >= 0.3 is 5.97 Å². The van der Waals surface area contributed by atoms with Gasteiger partial charge in [-0.05, 0) is 26.8 Å². The van der Waals surface area contributed by atoms with Crippen LogP contribution in [-0.4, -0.2) is 16.1 Å². The third kappa shape index (κ3) is 2.38. The monoisotopic (exact) mass is 279 g/mol. The molecule has 0 atom stereocenters. The van der Waals surface area contributed by atoms with Gasteiger partial charge in [0.25, 0.3) is 0 Å². The molecule has 0 bridgehead atoms. The average molecular weight is 279 g/mol. The van der Waals surface area contributed by atoms with Crippen LogP contribution in [0.4, 0.5) is 4.39 Å². The van der Waals surface area contributed by atoms with E-state index in [9.17, 15) is 9.18 Å². The number of aromatic nitrogens is 1. The number of aromatic carboxylic acids is 1. The third-order valence-corrected chi connectivity index (χ3v) is 4.54. The molecular weight excluding hydrogens is 265 g/mol. The van der Waals surface area contributed by atoms with Crippen molar-refractivity contribution < 1.29 is 14.3 Å². The molecule has 1 aromatic heterocycles. The summed E-state index contributed by atoms with van der Waals surface area (Å²) in [6, 6.07) is 6.49. The van der Waals surface area contributed by atoms with Crippen LogP contribution >= 0.6 is 11.3 Å². The SMILES string of the molecule is Cc1nc(C(C)(C)c2ccccc2F)sc1C(=O)O. The molecule has 100 valence electrons. The summed E-state index contributed by atoms with van der Waals surface area (Å²) in [5, 5.41) is 9.67. The molecule has 0 fully saturated rings. The third-order valence-electron chi connectivity index (χ3n) is 3.07. The standard InChI is InChI=1S/C14H14FNO2S/c1-8-11(12(17)18)19-13(16-8)14(2,3)9-6-4-5-7-10(9)15/h4-7H,1-3H3,(H,17,18). The van der Waals surface area contributed by atoms with Crippen LogP contribution in [0, 0.1) is 12.7 Å². The molecule has 0 aliphatic rings. The Hall–Kier alpha value is -1.75. The van der Waals surface area contributed by atoms with Crippen molar-refractivity contribution in [1.82, 2.24) is 4.98 Å². The van der Waals surface area contributed by atoms with Crippen molar-refractivity contribution in [1.29, 1.82) is 0 Å². The summed E-state index contributed by atoms with van der Waals surface area (Å²) in [5.41, 5.74) is 0.326. The lowest BCUT2D eigenvalue weighted by atomic mass is 9.85. The normalized spacial score (nSPS) is 11.6. The smallest absolute Gasteiger partial charge is 0.347 e. The fourth-order valence-corrected chi connectivity index (χ4v) is 2.97. The van der Waals surface area contributed by atoms with Crippen LogP contribution < -0.4 is 0 Å². The molecule has 1 N–H and O–H groups in total. The maximum Gasteiger partial charge on any atom is 0.347 e. The van der Waals surface area contributed by atoms with E-state index < -0.39 is 11.4 Å². The van der Waals surface area contributed by atoms with Gasteiger partial charge in [-0.2, -0.15) is 0 Å². The summed E-state index contributed by atoms with van der Waals surface area (Å²) in [4.78, 5) is 15.6. The minimum atomic E-state index is -0.995. The van der Waals surface area contributed by atoms with Crippen LogP contribution in [0.5, 0.6) is 0 Å². The van der Waals surface area contributed by atoms with E-state index in [1.165, 1.54) is 6.07 Å². The molecule has 1 aromatic carbocycles. The first-order chi connectivity index (χ1) is 8.84. The highest BCUT2D eigenvalue weighted by Gasteiger charge is 2.31. The number of rotatable bonds is 3. The van der Waals surface area contributed by atoms with Gasteiger partial charge in [0.05, 0.1) is 5.69 Å². The first-order valence-corrected chi connectivity index (χ1v) is 6.62. The molecule has 5 heteroatoms. The Labute approximate surface area is 114 Å². The number of thiazole rings is 1. The van der Waals surface area contributed by atoms with E-state index >= 15 is 0 Å². The average Bonchev–Trinajstić information content (AvgIpc) is 2.72. The first kappa shape index (κ1) is 13.7. The topological polar surface area (TPSA) is 50.2 Å². The second-order valence-electron chi connectivity index (χ2n) is 4.84. The molecule has 0 saturated carbocycles. The highest BCUT2D eigenvalue weighted by atomic mass is 32.1. The molecule has 0 radical (unpaired) electrons. The maximum atomic E-state index is 13.9. The van der Waals surface area contributed by atoms with Crippen LogP contribution in [0.1, 0.15) is 39.8 Å². The van der Waals surface area contributed by atoms with Crippen molar-refractivity contribution >= 4 is 17.3 Å². The zero-order valence-electron chi connectivity index (χ0n) is 10.9. The van der Waals surface area contributed by atoms with Crippen LogP contribution in [0.15, 0.2) is 24.3 Å². The highest BCUT2D eigenvalue weighted by Crippen LogP contribution is 2.36. The van der Waals surface area contributed by atoms with Gasteiger partial charge in [-0.15, -0.1) is 11.3 Å². The first-order valence-electron chi connectivity index (χ1n) is 5.80. The van der Waals surface area contributed by atoms with E-state index in [4.69, 9.17) is 5.11 Å². The quantitative estimate of drug-likeness (QED) is 0.933. The number of carboxylic acid groups (broad SMARTS) is 1. The molecule has 0 unspecified atom stereocenters. The largest absolute Gasteiger partial charge is 0.477 e. The highest BCUT2D eigenvalue weighted by molar-refractivity contribution is 7.13. The Morgan fingerprint density at radius 2 is 2.00 bits per heavy atom. The van der Waals surface area contributed by atoms with Crippen molar-refractivity contribution in [2.45, 2.75) is 26.2 Å². The Morgan fingerprint density at radius 3 is 2.53 bits per heavy atom. The molecule has 19 heavy (non-hydrogen) atoms. The van der Waals surface area contributed by atoms with Crippen LogP contribution in [0.25, 0.3) is 0 Å². The van der Waals surface area contributed by atoms with Crippen molar-refractivity contribution in [3.8, 4) is 0 Å². The van der Waals surface area contributed by atoms with E-state index in [-0.39, 0.29) is 10.7 Å². The second kappa shape index (κ2) is 4.74. The zero-order chi connectivity index (χ0) is 14.2. The number of benzene rings is 1. The van der Waals surface area contributed by atoms with Crippen molar-refractivity contribution in [3.63, 3.8) is 0 Å². The number of halogens is 1. The number of carbonyl (C=O) groups is 1. The van der Waals surface area contributed by atoms with E-state index in [0.717, 1.165) is 11.3 Å². The van der Waals surface area contributed by atoms with Gasteiger partial charge in [0.1, 0.15) is 15.7 Å². The minimum absolute atomic E-state index is 0.208. The molecule has 2 rings (SSSR count). The summed E-state index contributed by atoms with van der Waals surface area (Å²) in [6.07, 6.45) is 0. The Balaban J connectivity index is 2.54. The Kier molecular flexibility index (Phi) is 3.41. The van der Waals surface area contributed by atoms with Crippen LogP contribution in [0.3, 0.4) is 0 Å². The van der Waals surface area contributed by atoms with Gasteiger partial charge in [0, 0.05) is 11.0 Å². The summed E-state index contributed by atoms with van der Waals surface area (Å²) >= 11 is 1.10. The molecule has 0 spiro atoms. The van der Waals surface area contributed by atoms with E-state index in [0.29, 0.717) is 16.3 Å². The fourth-order valence-electron chi connectivity index (χ4n) is 1.95. The molecular formula is C14H14FNO2S. The van der Waals surface area contributed by atoms with Gasteiger partial charge in [-0.25, -0.2) is 14.2 Å². The van der Waals surface area contributed by atoms with E-state index in [1.54, 1.807) is 25.1 Å². The van der Waals surface area contributed by atoms with Gasteiger partial charge in [-0.1, -0.05) is 18.2 Å². The predicted octanol–water partition coefficient (Wildman–Crippen LogP) is 3.61. The van der Waals surface area contributed by atoms with Crippen LogP contribution in [0.2, 0.25) is 0 Å². The number of hydrogen-bond acceptors (Lipinski definition) is 3. The molecule has 0 aliphatic carbocycles. The lowest BCUT2D eigenvalue weighted by molar-refractivity contribution is 0.0701. The van der Waals surface area contributed by atoms with Crippen molar-refractivity contribution in [2.24, 2.45) is 0 Å². The van der Waals surface area contributed by atoms with Gasteiger partial charge in [-0.3, -0.25) is 0 Å². The maximum absolute atomic E-state index is 13.9. The van der Waals surface area contributed by atoms with Gasteiger partial charge in [0.15, 0.2) is 0 Å². The predicted molar refractivity (Wildman–Crippen MR) is 72.3 cm³/mol. The minimum Gasteiger partial charge on any atom is -0.477 e. The summed E-state index contributed by atoms with van der Waals surface area (Å²) in [5.74, 6) is -1.30. The number of carboxylic acids is 1. The summed E-state index contributed by atoms with van der Waals surface area (Å²) in [6.45, 7) is 5.34. The van der Waals surface area contributed by atoms with E-state index in [1.807, 2.05) is 13.8 Å². The van der Waals surface area contributed by atoms with Gasteiger partial charge in [0.2, 0.25) is 0 Å². The molecule has 1 heterocycles. The van der Waals surface area contributed by atoms with Crippen LogP contribution in [-0.2, 0) is 5.41 Å². The number of aryl methyl sites for hydroxylation is 1. The fraction of sp³-hybridized carbons (Fsp3) is 0.286. The molecule has 3 nitrogen and oxygen atoms in total. The zero-order valence-corrected chi connectivity index (χ0v) is 11.7. The molecule has 2 aromatic rings. The summed E-state index contributed by atoms with van der Waals surface area (Å²) in [7, 11) is 0. The second-order valence-corrected chi connectivity index (χ2v) is 5.84. The molecule has 0 saturated heterocycles. The van der Waals surface area contributed by atoms with E-state index in [2.05, 4.69) is 4.98 Å². The van der Waals surface area contributed by atoms with Crippen molar-refractivity contribution in [2.75, 3.05) is 0 Å². The Morgan fingerprint density at radius 1 is 1.37 bits per heavy atom. The molecule has 0 amide bonds. The Bertz CT molecular complexity index is 634. The number of nitrogens with zero attached hydrogens (tertiary/aromatic N) is 1. The number of hydrogen-bond donors (Lipinski definition) is 1. The van der Waals surface area contributed by atoms with Gasteiger partial charge < -0.3 is 5.11 Å². The lowest BCUT2D eigenvalue weighted by Gasteiger charge is -2.23. The van der Waals surface area contributed by atoms with Crippen molar-refractivity contribution in [3.05, 3.63) is 51.2 Å². The summed E-state index contributed by atoms with van der Waals surface area (Å²) < 4.78 is 13.9. The molecule has 0 aliphatic heterocycles. The lowest BCUT2D eigenvalue weighted by Crippen LogP contribution is -2.20.